The fourth-order valence-corrected chi connectivity index (χ4v) is 3.43. The molecule has 1 atom stereocenters. The van der Waals surface area contributed by atoms with E-state index in [1.54, 1.807) is 0 Å². The van der Waals surface area contributed by atoms with E-state index >= 15 is 0 Å². The van der Waals surface area contributed by atoms with Crippen LogP contribution in [-0.4, -0.2) is 15.4 Å². The first kappa shape index (κ1) is 11.0. The summed E-state index contributed by atoms with van der Waals surface area (Å²) in [6.07, 6.45) is 0. The van der Waals surface area contributed by atoms with Gasteiger partial charge in [-0.1, -0.05) is 39.0 Å². The molecule has 0 saturated heterocycles. The first-order chi connectivity index (χ1) is 6.97. The van der Waals surface area contributed by atoms with E-state index in [0.29, 0.717) is 0 Å². The Morgan fingerprint density at radius 1 is 1.33 bits per heavy atom. The Kier molecular flexibility index (Phi) is 2.79. The highest BCUT2D eigenvalue weighted by Crippen LogP contribution is 2.32. The zero-order valence-electron chi connectivity index (χ0n) is 9.49. The molecule has 0 amide bonds. The normalized spacial score (nSPS) is 21.7. The zero-order valence-corrected chi connectivity index (χ0v) is 10.3. The van der Waals surface area contributed by atoms with Crippen molar-refractivity contribution in [1.29, 1.82) is 0 Å². The Morgan fingerprint density at radius 2 is 2.00 bits per heavy atom. The predicted molar refractivity (Wildman–Crippen MR) is 62.7 cm³/mol. The zero-order chi connectivity index (χ0) is 11.1. The third kappa shape index (κ3) is 2.36. The van der Waals surface area contributed by atoms with Crippen molar-refractivity contribution in [3.63, 3.8) is 0 Å². The molecule has 1 aliphatic rings. The van der Waals surface area contributed by atoms with Crippen LogP contribution < -0.4 is 0 Å². The van der Waals surface area contributed by atoms with Crippen LogP contribution in [0.5, 0.6) is 0 Å². The fourth-order valence-electron chi connectivity index (χ4n) is 1.84. The lowest BCUT2D eigenvalue weighted by atomic mass is 9.97. The van der Waals surface area contributed by atoms with Crippen LogP contribution in [0.1, 0.15) is 26.3 Å². The van der Waals surface area contributed by atoms with Gasteiger partial charge in [0, 0.05) is 5.56 Å². The van der Waals surface area contributed by atoms with Gasteiger partial charge in [-0.05, 0) is 11.5 Å². The minimum Gasteiger partial charge on any atom is -0.593 e. The summed E-state index contributed by atoms with van der Waals surface area (Å²) in [4.78, 5) is 0.988. The summed E-state index contributed by atoms with van der Waals surface area (Å²) in [6.45, 7) is 8.21. The minimum absolute atomic E-state index is 0.192. The van der Waals surface area contributed by atoms with Crippen molar-refractivity contribution >= 4 is 11.4 Å². The summed E-state index contributed by atoms with van der Waals surface area (Å²) < 4.78 is 14.2. The standard InChI is InChI=1S/C12H17NOS/c1-12(2,3)9-13-8-10-6-4-5-7-11(10)15(13)14/h4-7H,8-9H2,1-3H3. The fraction of sp³-hybridized carbons (Fsp3) is 0.500. The maximum atomic E-state index is 12.1. The lowest BCUT2D eigenvalue weighted by Gasteiger charge is -2.25. The van der Waals surface area contributed by atoms with Crippen LogP contribution in [-0.2, 0) is 17.9 Å². The van der Waals surface area contributed by atoms with Crippen LogP contribution in [0.15, 0.2) is 29.2 Å². The van der Waals surface area contributed by atoms with Crippen molar-refractivity contribution in [2.24, 2.45) is 5.41 Å². The van der Waals surface area contributed by atoms with Crippen LogP contribution in [0.25, 0.3) is 0 Å². The van der Waals surface area contributed by atoms with E-state index in [1.807, 2.05) is 22.5 Å². The maximum absolute atomic E-state index is 12.1. The van der Waals surface area contributed by atoms with E-state index in [-0.39, 0.29) is 5.41 Å². The lowest BCUT2D eigenvalue weighted by Crippen LogP contribution is -2.33. The molecule has 1 aromatic carbocycles. The first-order valence-electron chi connectivity index (χ1n) is 5.22. The van der Waals surface area contributed by atoms with Crippen LogP contribution in [0.4, 0.5) is 0 Å². The molecule has 0 aliphatic carbocycles. The number of rotatable bonds is 1. The lowest BCUT2D eigenvalue weighted by molar-refractivity contribution is 0.284. The van der Waals surface area contributed by atoms with Gasteiger partial charge in [0.1, 0.15) is 0 Å². The van der Waals surface area contributed by atoms with Crippen molar-refractivity contribution in [2.75, 3.05) is 6.54 Å². The first-order valence-corrected chi connectivity index (χ1v) is 6.33. The Morgan fingerprint density at radius 3 is 2.60 bits per heavy atom. The van der Waals surface area contributed by atoms with Gasteiger partial charge in [0.25, 0.3) is 0 Å². The summed E-state index contributed by atoms with van der Waals surface area (Å²) in [5.41, 5.74) is 1.40. The highest BCUT2D eigenvalue weighted by atomic mass is 32.2. The summed E-state index contributed by atoms with van der Waals surface area (Å²) >= 11 is -0.949. The molecule has 0 fully saturated rings. The molecule has 3 heteroatoms. The van der Waals surface area contributed by atoms with E-state index in [1.165, 1.54) is 5.56 Å². The largest absolute Gasteiger partial charge is 0.593 e. The van der Waals surface area contributed by atoms with Crippen molar-refractivity contribution in [1.82, 2.24) is 4.31 Å². The molecule has 1 aromatic rings. The van der Waals surface area contributed by atoms with Crippen LogP contribution in [0, 0.1) is 5.41 Å². The Labute approximate surface area is 94.6 Å². The Balaban J connectivity index is 2.17. The van der Waals surface area contributed by atoms with Crippen LogP contribution in [0.2, 0.25) is 0 Å². The van der Waals surface area contributed by atoms with Crippen molar-refractivity contribution in [3.8, 4) is 0 Å². The SMILES string of the molecule is CC(C)(C)CN1Cc2ccccc2[S+]1[O-]. The molecule has 0 spiro atoms. The molecule has 0 saturated carbocycles. The molecule has 0 N–H and O–H groups in total. The second kappa shape index (κ2) is 3.81. The molecule has 1 heterocycles. The predicted octanol–water partition coefficient (Wildman–Crippen LogP) is 2.57. The van der Waals surface area contributed by atoms with Crippen LogP contribution in [0.3, 0.4) is 0 Å². The van der Waals surface area contributed by atoms with E-state index in [4.69, 9.17) is 0 Å². The number of hydrogen-bond donors (Lipinski definition) is 0. The second-order valence-electron chi connectivity index (χ2n) is 5.22. The molecule has 0 radical (unpaired) electrons. The Bertz CT molecular complexity index is 359. The maximum Gasteiger partial charge on any atom is 0.178 e. The summed E-state index contributed by atoms with van der Waals surface area (Å²) in [5.74, 6) is 0. The molecule has 1 aliphatic heterocycles. The third-order valence-corrected chi connectivity index (χ3v) is 3.89. The quantitative estimate of drug-likeness (QED) is 0.684. The van der Waals surface area contributed by atoms with Gasteiger partial charge in [-0.2, -0.15) is 0 Å². The molecule has 2 rings (SSSR count). The third-order valence-electron chi connectivity index (χ3n) is 2.39. The number of hydrogen-bond acceptors (Lipinski definition) is 2. The number of fused-ring (bicyclic) bond motifs is 1. The second-order valence-corrected chi connectivity index (χ2v) is 6.67. The molecule has 0 aromatic heterocycles. The van der Waals surface area contributed by atoms with Crippen LogP contribution >= 0.6 is 0 Å². The molecular formula is C12H17NOS. The van der Waals surface area contributed by atoms with E-state index < -0.39 is 11.4 Å². The van der Waals surface area contributed by atoms with Crippen molar-refractivity contribution < 1.29 is 4.55 Å². The van der Waals surface area contributed by atoms with E-state index in [9.17, 15) is 4.55 Å². The summed E-state index contributed by atoms with van der Waals surface area (Å²) in [5, 5.41) is 0. The van der Waals surface area contributed by atoms with E-state index in [0.717, 1.165) is 18.0 Å². The summed E-state index contributed by atoms with van der Waals surface area (Å²) in [7, 11) is 0. The topological polar surface area (TPSA) is 26.3 Å². The van der Waals surface area contributed by atoms with E-state index in [2.05, 4.69) is 26.8 Å². The minimum atomic E-state index is -0.949. The highest BCUT2D eigenvalue weighted by Gasteiger charge is 2.35. The van der Waals surface area contributed by atoms with Gasteiger partial charge in [-0.25, -0.2) is 0 Å². The van der Waals surface area contributed by atoms with Gasteiger partial charge in [-0.15, -0.1) is 4.31 Å². The van der Waals surface area contributed by atoms with Gasteiger partial charge in [0.05, 0.1) is 24.5 Å². The summed E-state index contributed by atoms with van der Waals surface area (Å²) in [6, 6.07) is 8.00. The van der Waals surface area contributed by atoms with Crippen molar-refractivity contribution in [3.05, 3.63) is 29.8 Å². The van der Waals surface area contributed by atoms with Gasteiger partial charge < -0.3 is 4.55 Å². The number of benzene rings is 1. The monoisotopic (exact) mass is 223 g/mol. The molecule has 0 bridgehead atoms. The smallest absolute Gasteiger partial charge is 0.178 e. The van der Waals surface area contributed by atoms with Gasteiger partial charge >= 0.3 is 0 Å². The molecule has 15 heavy (non-hydrogen) atoms. The number of nitrogens with zero attached hydrogens (tertiary/aromatic N) is 1. The molecule has 1 unspecified atom stereocenters. The van der Waals surface area contributed by atoms with Crippen molar-refractivity contribution in [2.45, 2.75) is 32.2 Å². The van der Waals surface area contributed by atoms with Gasteiger partial charge in [0.15, 0.2) is 4.90 Å². The van der Waals surface area contributed by atoms with Gasteiger partial charge in [0.2, 0.25) is 0 Å². The average Bonchev–Trinajstić information content (AvgIpc) is 2.42. The van der Waals surface area contributed by atoms with Gasteiger partial charge in [-0.3, -0.25) is 0 Å². The highest BCUT2D eigenvalue weighted by molar-refractivity contribution is 7.89. The molecule has 2 nitrogen and oxygen atoms in total. The molecule has 82 valence electrons. The average molecular weight is 223 g/mol. The Hall–Kier alpha value is -0.510. The molecular weight excluding hydrogens is 206 g/mol.